The summed E-state index contributed by atoms with van der Waals surface area (Å²) in [5.41, 5.74) is 2.41. The number of hydrogen-bond acceptors (Lipinski definition) is 3. The molecule has 1 aromatic heterocycles. The summed E-state index contributed by atoms with van der Waals surface area (Å²) in [5.74, 6) is 1.51. The van der Waals surface area contributed by atoms with E-state index in [9.17, 15) is 4.79 Å². The van der Waals surface area contributed by atoms with Crippen molar-refractivity contribution in [1.82, 2.24) is 25.7 Å². The molecule has 1 aliphatic heterocycles. The number of guanidine groups is 1. The summed E-state index contributed by atoms with van der Waals surface area (Å²) >= 11 is 0. The van der Waals surface area contributed by atoms with Crippen molar-refractivity contribution < 1.29 is 4.79 Å². The number of nitrogens with one attached hydrogen (secondary N) is 3. The highest BCUT2D eigenvalue weighted by Gasteiger charge is 2.31. The third-order valence-corrected chi connectivity index (χ3v) is 5.95. The number of nitrogens with zero attached hydrogens (tertiary/aromatic N) is 3. The first-order valence-electron chi connectivity index (χ1n) is 11.0. The number of aliphatic imine (C=N–C) groups is 1. The first-order chi connectivity index (χ1) is 13.7. The van der Waals surface area contributed by atoms with E-state index in [1.165, 1.54) is 24.8 Å². The molecule has 1 aliphatic carbocycles. The van der Waals surface area contributed by atoms with E-state index in [-0.39, 0.29) is 5.92 Å². The van der Waals surface area contributed by atoms with Gasteiger partial charge in [0.15, 0.2) is 5.96 Å². The van der Waals surface area contributed by atoms with E-state index in [4.69, 9.17) is 4.99 Å². The molecule has 2 fully saturated rings. The maximum absolute atomic E-state index is 12.8. The number of hydrogen-bond donors (Lipinski definition) is 3. The number of carbonyl (C=O) groups is 1. The van der Waals surface area contributed by atoms with Crippen LogP contribution in [0.4, 0.5) is 0 Å². The number of carbonyl (C=O) groups excluding carboxylic acids is 1. The second-order valence-electron chi connectivity index (χ2n) is 8.13. The average molecular weight is 389 g/mol. The van der Waals surface area contributed by atoms with Crippen molar-refractivity contribution >= 4 is 11.9 Å². The molecule has 1 saturated carbocycles. The van der Waals surface area contributed by atoms with Crippen LogP contribution in [0.25, 0.3) is 0 Å². The highest BCUT2D eigenvalue weighted by atomic mass is 16.2. The van der Waals surface area contributed by atoms with Crippen molar-refractivity contribution in [1.29, 1.82) is 0 Å². The highest BCUT2D eigenvalue weighted by Crippen LogP contribution is 2.26. The number of aromatic amines is 1. The topological polar surface area (TPSA) is 85.4 Å². The van der Waals surface area contributed by atoms with Crippen LogP contribution in [0.5, 0.6) is 0 Å². The maximum Gasteiger partial charge on any atom is 0.225 e. The number of aryl methyl sites for hydroxylation is 2. The van der Waals surface area contributed by atoms with Crippen molar-refractivity contribution in [2.75, 3.05) is 26.2 Å². The van der Waals surface area contributed by atoms with Gasteiger partial charge < -0.3 is 15.5 Å². The minimum atomic E-state index is 0.265. The lowest BCUT2D eigenvalue weighted by atomic mass is 9.88. The van der Waals surface area contributed by atoms with Crippen LogP contribution in [0.3, 0.4) is 0 Å². The van der Waals surface area contributed by atoms with Crippen LogP contribution in [0.1, 0.15) is 63.1 Å². The minimum Gasteiger partial charge on any atom is -0.357 e. The Morgan fingerprint density at radius 2 is 2.14 bits per heavy atom. The van der Waals surface area contributed by atoms with Gasteiger partial charge in [0, 0.05) is 43.8 Å². The first kappa shape index (κ1) is 20.7. The Morgan fingerprint density at radius 1 is 1.32 bits per heavy atom. The molecule has 2 heterocycles. The molecule has 0 bridgehead atoms. The van der Waals surface area contributed by atoms with Gasteiger partial charge in [-0.25, -0.2) is 0 Å². The Labute approximate surface area is 168 Å². The van der Waals surface area contributed by atoms with E-state index in [1.807, 2.05) is 6.20 Å². The molecule has 0 spiro atoms. The minimum absolute atomic E-state index is 0.265. The van der Waals surface area contributed by atoms with Crippen LogP contribution in [0.15, 0.2) is 11.2 Å². The predicted molar refractivity (Wildman–Crippen MR) is 112 cm³/mol. The summed E-state index contributed by atoms with van der Waals surface area (Å²) < 4.78 is 0. The summed E-state index contributed by atoms with van der Waals surface area (Å²) in [7, 11) is 0. The molecule has 2 aliphatic rings. The van der Waals surface area contributed by atoms with E-state index in [0.29, 0.717) is 11.9 Å². The number of rotatable bonds is 7. The molecule has 3 N–H and O–H groups in total. The van der Waals surface area contributed by atoms with E-state index in [2.05, 4.69) is 39.6 Å². The first-order valence-corrected chi connectivity index (χ1v) is 11.0. The van der Waals surface area contributed by atoms with Gasteiger partial charge in [-0.3, -0.25) is 14.9 Å². The van der Waals surface area contributed by atoms with Crippen LogP contribution in [-0.4, -0.2) is 59.2 Å². The molecular weight excluding hydrogens is 352 g/mol. The fraction of sp³-hybridized carbons (Fsp3) is 0.762. The molecule has 1 aromatic rings. The van der Waals surface area contributed by atoms with Gasteiger partial charge in [0.2, 0.25) is 5.91 Å². The molecule has 1 saturated heterocycles. The van der Waals surface area contributed by atoms with Gasteiger partial charge in [-0.05, 0) is 51.5 Å². The number of aromatic nitrogens is 2. The van der Waals surface area contributed by atoms with Crippen molar-refractivity contribution in [3.63, 3.8) is 0 Å². The summed E-state index contributed by atoms with van der Waals surface area (Å²) in [4.78, 5) is 19.5. The third kappa shape index (κ3) is 5.72. The lowest BCUT2D eigenvalue weighted by Crippen LogP contribution is -2.45. The van der Waals surface area contributed by atoms with Crippen LogP contribution in [0.2, 0.25) is 0 Å². The normalized spacial score (nSPS) is 21.1. The smallest absolute Gasteiger partial charge is 0.225 e. The van der Waals surface area contributed by atoms with E-state index in [0.717, 1.165) is 69.9 Å². The standard InChI is InChI=1S/C21H36N6O/c1-3-22-21(23-12-7-10-18-14-24-26-16(18)2)25-19-11-13-27(15-19)20(28)17-8-5-4-6-9-17/h14,17,19H,3-13,15H2,1-2H3,(H,24,26)(H2,22,23,25). The van der Waals surface area contributed by atoms with E-state index in [1.54, 1.807) is 0 Å². The second kappa shape index (κ2) is 10.5. The van der Waals surface area contributed by atoms with Crippen LogP contribution >= 0.6 is 0 Å². The number of H-pyrrole nitrogens is 1. The Kier molecular flexibility index (Phi) is 7.74. The molecule has 1 amide bonds. The zero-order valence-electron chi connectivity index (χ0n) is 17.5. The summed E-state index contributed by atoms with van der Waals surface area (Å²) in [6.45, 7) is 7.42. The Morgan fingerprint density at radius 3 is 2.86 bits per heavy atom. The largest absolute Gasteiger partial charge is 0.357 e. The second-order valence-corrected chi connectivity index (χ2v) is 8.13. The summed E-state index contributed by atoms with van der Waals surface area (Å²) in [6.07, 6.45) is 10.7. The van der Waals surface area contributed by atoms with Gasteiger partial charge in [-0.2, -0.15) is 5.10 Å². The fourth-order valence-corrected chi connectivity index (χ4v) is 4.29. The van der Waals surface area contributed by atoms with Crippen LogP contribution in [0, 0.1) is 12.8 Å². The van der Waals surface area contributed by atoms with Gasteiger partial charge in [0.05, 0.1) is 6.20 Å². The predicted octanol–water partition coefficient (Wildman–Crippen LogP) is 2.39. The molecule has 28 heavy (non-hydrogen) atoms. The van der Waals surface area contributed by atoms with Gasteiger partial charge in [-0.1, -0.05) is 19.3 Å². The molecule has 7 heteroatoms. The fourth-order valence-electron chi connectivity index (χ4n) is 4.29. The maximum atomic E-state index is 12.8. The summed E-state index contributed by atoms with van der Waals surface area (Å²) in [6, 6.07) is 0.293. The van der Waals surface area contributed by atoms with Crippen LogP contribution in [-0.2, 0) is 11.2 Å². The average Bonchev–Trinajstić information content (AvgIpc) is 3.34. The molecule has 0 radical (unpaired) electrons. The Hall–Kier alpha value is -2.05. The number of likely N-dealkylation sites (tertiary alicyclic amines) is 1. The lowest BCUT2D eigenvalue weighted by Gasteiger charge is -2.26. The molecule has 3 rings (SSSR count). The molecule has 0 aromatic carbocycles. The van der Waals surface area contributed by atoms with Gasteiger partial charge in [-0.15, -0.1) is 0 Å². The van der Waals surface area contributed by atoms with E-state index >= 15 is 0 Å². The SMILES string of the molecule is CCNC(=NCCCc1cn[nH]c1C)NC1CCN(C(=O)C2CCCCC2)C1. The zero-order valence-corrected chi connectivity index (χ0v) is 17.5. The molecule has 1 atom stereocenters. The van der Waals surface area contributed by atoms with Crippen LogP contribution < -0.4 is 10.6 Å². The molecule has 7 nitrogen and oxygen atoms in total. The third-order valence-electron chi connectivity index (χ3n) is 5.95. The quantitative estimate of drug-likeness (QED) is 0.380. The van der Waals surface area contributed by atoms with E-state index < -0.39 is 0 Å². The Balaban J connectivity index is 1.44. The van der Waals surface area contributed by atoms with Crippen molar-refractivity contribution in [2.24, 2.45) is 10.9 Å². The lowest BCUT2D eigenvalue weighted by molar-refractivity contribution is -0.135. The molecule has 156 valence electrons. The highest BCUT2D eigenvalue weighted by molar-refractivity contribution is 5.81. The van der Waals surface area contributed by atoms with Crippen molar-refractivity contribution in [2.45, 2.75) is 71.3 Å². The van der Waals surface area contributed by atoms with Crippen molar-refractivity contribution in [3.05, 3.63) is 17.5 Å². The van der Waals surface area contributed by atoms with Gasteiger partial charge in [0.1, 0.15) is 0 Å². The monoisotopic (exact) mass is 388 g/mol. The molecular formula is C21H36N6O. The molecule has 1 unspecified atom stereocenters. The number of amides is 1. The Bertz CT molecular complexity index is 649. The van der Waals surface area contributed by atoms with Crippen molar-refractivity contribution in [3.8, 4) is 0 Å². The van der Waals surface area contributed by atoms with Gasteiger partial charge >= 0.3 is 0 Å². The zero-order chi connectivity index (χ0) is 19.8. The van der Waals surface area contributed by atoms with Gasteiger partial charge in [0.25, 0.3) is 0 Å². The summed E-state index contributed by atoms with van der Waals surface area (Å²) in [5, 5.41) is 13.9.